The van der Waals surface area contributed by atoms with Gasteiger partial charge in [-0.25, -0.2) is 17.8 Å². The van der Waals surface area contributed by atoms with E-state index in [2.05, 4.69) is 21.9 Å². The first-order chi connectivity index (χ1) is 19.3. The molecule has 204 valence electrons. The Morgan fingerprint density at radius 3 is 2.55 bits per heavy atom. The fourth-order valence-electron chi connectivity index (χ4n) is 4.78. The quantitative estimate of drug-likeness (QED) is 0.222. The molecule has 2 N–H and O–H groups in total. The van der Waals surface area contributed by atoms with Gasteiger partial charge in [0.25, 0.3) is 15.9 Å². The number of fused-ring (bicyclic) bond motifs is 2. The van der Waals surface area contributed by atoms with Crippen LogP contribution in [0.3, 0.4) is 0 Å². The first-order valence-corrected chi connectivity index (χ1v) is 15.9. The van der Waals surface area contributed by atoms with Gasteiger partial charge in [0.15, 0.2) is 0 Å². The number of aromatic nitrogens is 1. The maximum Gasteiger partial charge on any atom is 0.261 e. The van der Waals surface area contributed by atoms with E-state index in [4.69, 9.17) is 4.98 Å². The number of amides is 1. The lowest BCUT2D eigenvalue weighted by Crippen LogP contribution is -2.29. The van der Waals surface area contributed by atoms with Gasteiger partial charge in [-0.2, -0.15) is 0 Å². The van der Waals surface area contributed by atoms with Gasteiger partial charge >= 0.3 is 0 Å². The number of thiazole rings is 1. The van der Waals surface area contributed by atoms with Crippen LogP contribution in [0.15, 0.2) is 77.7 Å². The number of benzene rings is 3. The average molecular weight is 593 g/mol. The number of rotatable bonds is 7. The van der Waals surface area contributed by atoms with Crippen molar-refractivity contribution in [3.05, 3.63) is 94.6 Å². The molecule has 0 fully saturated rings. The van der Waals surface area contributed by atoms with E-state index in [0.29, 0.717) is 5.00 Å². The third-order valence-electron chi connectivity index (χ3n) is 6.86. The lowest BCUT2D eigenvalue weighted by atomic mass is 10.0. The van der Waals surface area contributed by atoms with Crippen molar-refractivity contribution in [2.24, 2.45) is 0 Å². The molecular formula is C29H25FN4O3S3. The highest BCUT2D eigenvalue weighted by atomic mass is 32.2. The van der Waals surface area contributed by atoms with Crippen molar-refractivity contribution < 1.29 is 17.6 Å². The summed E-state index contributed by atoms with van der Waals surface area (Å²) in [6.07, 6.45) is 0.856. The number of para-hydroxylation sites is 2. The Bertz CT molecular complexity index is 1800. The summed E-state index contributed by atoms with van der Waals surface area (Å²) in [5.41, 5.74) is 3.35. The van der Waals surface area contributed by atoms with Gasteiger partial charge in [0, 0.05) is 23.5 Å². The number of hydrogen-bond acceptors (Lipinski definition) is 7. The van der Waals surface area contributed by atoms with Crippen LogP contribution < -0.4 is 10.0 Å². The van der Waals surface area contributed by atoms with Crippen LogP contribution in [0.5, 0.6) is 0 Å². The molecule has 3 aromatic carbocycles. The van der Waals surface area contributed by atoms with Crippen LogP contribution in [0.25, 0.3) is 20.8 Å². The minimum Gasteiger partial charge on any atom is -0.313 e. The number of carbonyl (C=O) groups excluding carboxylic acids is 1. The lowest BCUT2D eigenvalue weighted by Gasteiger charge is -2.25. The minimum atomic E-state index is -4.04. The molecular weight excluding hydrogens is 568 g/mol. The van der Waals surface area contributed by atoms with Crippen molar-refractivity contribution in [1.82, 2.24) is 9.88 Å². The Morgan fingerprint density at radius 1 is 1.02 bits per heavy atom. The molecule has 0 spiro atoms. The highest BCUT2D eigenvalue weighted by Gasteiger charge is 2.28. The van der Waals surface area contributed by atoms with Gasteiger partial charge in [-0.3, -0.25) is 14.4 Å². The first-order valence-electron chi connectivity index (χ1n) is 12.7. The predicted molar refractivity (Wildman–Crippen MR) is 159 cm³/mol. The van der Waals surface area contributed by atoms with Gasteiger partial charge < -0.3 is 5.32 Å². The Hall–Kier alpha value is -3.64. The summed E-state index contributed by atoms with van der Waals surface area (Å²) in [7, 11) is -4.04. The van der Waals surface area contributed by atoms with E-state index < -0.39 is 21.7 Å². The molecule has 0 saturated heterocycles. The maximum absolute atomic E-state index is 13.7. The summed E-state index contributed by atoms with van der Waals surface area (Å²) in [5.74, 6) is -0.978. The topological polar surface area (TPSA) is 91.4 Å². The number of nitrogens with zero attached hydrogens (tertiary/aromatic N) is 2. The second kappa shape index (κ2) is 10.7. The molecule has 0 radical (unpaired) electrons. The molecule has 2 aromatic heterocycles. The van der Waals surface area contributed by atoms with E-state index in [1.807, 2.05) is 24.3 Å². The van der Waals surface area contributed by atoms with Gasteiger partial charge in [-0.15, -0.1) is 22.7 Å². The molecule has 11 heteroatoms. The number of carbonyl (C=O) groups is 1. The van der Waals surface area contributed by atoms with Crippen molar-refractivity contribution in [3.8, 4) is 10.6 Å². The molecule has 7 nitrogen and oxygen atoms in total. The smallest absolute Gasteiger partial charge is 0.261 e. The molecule has 0 unspecified atom stereocenters. The molecule has 0 saturated carbocycles. The summed E-state index contributed by atoms with van der Waals surface area (Å²) in [4.78, 5) is 22.0. The maximum atomic E-state index is 13.7. The second-order valence-electron chi connectivity index (χ2n) is 9.37. The van der Waals surface area contributed by atoms with E-state index in [-0.39, 0.29) is 16.1 Å². The minimum absolute atomic E-state index is 0.103. The standard InChI is InChI=1S/C29H25FN4O3S3/c1-2-34-16-15-21-25(17-34)39-29(26(21)28-31-23-9-5-6-10-24(23)38-28)32-27(35)20-7-3-4-8-22(20)33-40(36,37)19-13-11-18(30)12-14-19/h3-14,33H,2,15-17H2,1H3,(H,32,35). The van der Waals surface area contributed by atoms with Crippen LogP contribution in [0.1, 0.15) is 27.7 Å². The number of likely N-dealkylation sites (N-methyl/N-ethyl adjacent to an activating group) is 1. The summed E-state index contributed by atoms with van der Waals surface area (Å²) in [5, 5.41) is 4.63. The first kappa shape index (κ1) is 26.6. The van der Waals surface area contributed by atoms with Crippen LogP contribution in [-0.2, 0) is 23.0 Å². The number of hydrogen-bond donors (Lipinski definition) is 2. The number of thiophene rings is 1. The van der Waals surface area contributed by atoms with Crippen LogP contribution in [-0.4, -0.2) is 37.3 Å². The molecule has 40 heavy (non-hydrogen) atoms. The van der Waals surface area contributed by atoms with Gasteiger partial charge in [-0.1, -0.05) is 31.2 Å². The fourth-order valence-corrected chi connectivity index (χ4v) is 8.25. The summed E-state index contributed by atoms with van der Waals surface area (Å²) in [6.45, 7) is 4.81. The largest absolute Gasteiger partial charge is 0.313 e. The zero-order chi connectivity index (χ0) is 27.9. The van der Waals surface area contributed by atoms with E-state index in [0.717, 1.165) is 59.0 Å². The molecule has 6 rings (SSSR count). The Kier molecular flexibility index (Phi) is 7.13. The number of halogens is 1. The normalized spacial score (nSPS) is 13.8. The van der Waals surface area contributed by atoms with Gasteiger partial charge in [0.1, 0.15) is 15.8 Å². The molecule has 5 aromatic rings. The van der Waals surface area contributed by atoms with E-state index in [1.54, 1.807) is 40.9 Å². The summed E-state index contributed by atoms with van der Waals surface area (Å²) < 4.78 is 42.9. The zero-order valence-electron chi connectivity index (χ0n) is 21.5. The van der Waals surface area contributed by atoms with E-state index >= 15 is 0 Å². The molecule has 3 heterocycles. The van der Waals surface area contributed by atoms with Crippen molar-refractivity contribution in [2.45, 2.75) is 24.8 Å². The van der Waals surface area contributed by atoms with Crippen LogP contribution in [0.2, 0.25) is 0 Å². The van der Waals surface area contributed by atoms with Gasteiger partial charge in [0.05, 0.1) is 26.4 Å². The van der Waals surface area contributed by atoms with Crippen molar-refractivity contribution in [1.29, 1.82) is 0 Å². The molecule has 1 aliphatic heterocycles. The fraction of sp³-hybridized carbons (Fsp3) is 0.172. The number of nitrogens with one attached hydrogen (secondary N) is 2. The third-order valence-corrected chi connectivity index (χ3v) is 10.4. The zero-order valence-corrected chi connectivity index (χ0v) is 23.9. The third kappa shape index (κ3) is 5.13. The second-order valence-corrected chi connectivity index (χ2v) is 13.2. The number of sulfonamides is 1. The van der Waals surface area contributed by atoms with Crippen LogP contribution in [0.4, 0.5) is 15.1 Å². The van der Waals surface area contributed by atoms with Gasteiger partial charge in [-0.05, 0) is 67.1 Å². The predicted octanol–water partition coefficient (Wildman–Crippen LogP) is 6.60. The lowest BCUT2D eigenvalue weighted by molar-refractivity contribution is 0.102. The molecule has 0 aliphatic carbocycles. The molecule has 1 amide bonds. The van der Waals surface area contributed by atoms with Crippen LogP contribution >= 0.6 is 22.7 Å². The van der Waals surface area contributed by atoms with E-state index in [9.17, 15) is 17.6 Å². The Balaban J connectivity index is 1.36. The van der Waals surface area contributed by atoms with Gasteiger partial charge in [0.2, 0.25) is 0 Å². The number of anilines is 2. The van der Waals surface area contributed by atoms with Crippen molar-refractivity contribution in [3.63, 3.8) is 0 Å². The highest BCUT2D eigenvalue weighted by molar-refractivity contribution is 7.92. The van der Waals surface area contributed by atoms with E-state index in [1.165, 1.54) is 28.6 Å². The Morgan fingerprint density at radius 2 is 1.77 bits per heavy atom. The van der Waals surface area contributed by atoms with Crippen LogP contribution in [0, 0.1) is 5.82 Å². The molecule has 0 bridgehead atoms. The van der Waals surface area contributed by atoms with Crippen molar-refractivity contribution >= 4 is 59.5 Å². The average Bonchev–Trinajstić information content (AvgIpc) is 3.53. The molecule has 1 aliphatic rings. The Labute approximate surface area is 239 Å². The molecule has 0 atom stereocenters. The summed E-state index contributed by atoms with van der Waals surface area (Å²) in [6, 6.07) is 18.9. The SMILES string of the molecule is CCN1CCc2c(sc(NC(=O)c3ccccc3NS(=O)(=O)c3ccc(F)cc3)c2-c2nc3ccccc3s2)C1. The summed E-state index contributed by atoms with van der Waals surface area (Å²) >= 11 is 3.14. The van der Waals surface area contributed by atoms with Crippen molar-refractivity contribution in [2.75, 3.05) is 23.1 Å². The highest BCUT2D eigenvalue weighted by Crippen LogP contribution is 2.46. The monoisotopic (exact) mass is 592 g/mol.